The maximum Gasteiger partial charge on any atom is 0.170 e. The van der Waals surface area contributed by atoms with Crippen LogP contribution in [0.1, 0.15) is 5.56 Å². The first kappa shape index (κ1) is 10.8. The maximum atomic E-state index is 10.9. The van der Waals surface area contributed by atoms with Gasteiger partial charge in [-0.25, -0.2) is 0 Å². The third-order valence-corrected chi connectivity index (χ3v) is 1.97. The SMILES string of the molecule is COc1ccc(C=CC(=O)CCl)cc1. The quantitative estimate of drug-likeness (QED) is 0.564. The molecule has 1 rings (SSSR count). The van der Waals surface area contributed by atoms with Crippen molar-refractivity contribution in [3.63, 3.8) is 0 Å². The number of carbonyl (C=O) groups is 1. The fraction of sp³-hybridized carbons (Fsp3) is 0.182. The number of benzene rings is 1. The van der Waals surface area contributed by atoms with E-state index in [9.17, 15) is 4.79 Å². The molecule has 0 heterocycles. The molecule has 0 N–H and O–H groups in total. The average molecular weight is 211 g/mol. The number of allylic oxidation sites excluding steroid dienone is 1. The number of methoxy groups -OCH3 is 1. The van der Waals surface area contributed by atoms with Crippen molar-refractivity contribution in [3.05, 3.63) is 35.9 Å². The van der Waals surface area contributed by atoms with Gasteiger partial charge in [-0.15, -0.1) is 11.6 Å². The molecule has 0 fully saturated rings. The van der Waals surface area contributed by atoms with Gasteiger partial charge in [0.25, 0.3) is 0 Å². The number of hydrogen-bond donors (Lipinski definition) is 0. The molecule has 74 valence electrons. The Labute approximate surface area is 88.1 Å². The standard InChI is InChI=1S/C11H11ClO2/c1-14-11-6-3-9(4-7-11)2-5-10(13)8-12/h2-7H,8H2,1H3. The summed E-state index contributed by atoms with van der Waals surface area (Å²) in [6, 6.07) is 7.42. The van der Waals surface area contributed by atoms with Gasteiger partial charge >= 0.3 is 0 Å². The van der Waals surface area contributed by atoms with E-state index in [1.165, 1.54) is 6.08 Å². The van der Waals surface area contributed by atoms with E-state index in [0.29, 0.717) is 0 Å². The fourth-order valence-corrected chi connectivity index (χ4v) is 1.04. The summed E-state index contributed by atoms with van der Waals surface area (Å²) in [6.45, 7) is 0. The average Bonchev–Trinajstić information content (AvgIpc) is 2.26. The van der Waals surface area contributed by atoms with E-state index in [4.69, 9.17) is 16.3 Å². The molecule has 0 aliphatic rings. The van der Waals surface area contributed by atoms with Crippen molar-refractivity contribution in [2.24, 2.45) is 0 Å². The van der Waals surface area contributed by atoms with Crippen molar-refractivity contribution in [2.45, 2.75) is 0 Å². The molecular weight excluding hydrogens is 200 g/mol. The first-order valence-electron chi connectivity index (χ1n) is 4.17. The number of rotatable bonds is 4. The van der Waals surface area contributed by atoms with E-state index in [-0.39, 0.29) is 11.7 Å². The van der Waals surface area contributed by atoms with Gasteiger partial charge in [0.05, 0.1) is 13.0 Å². The number of ketones is 1. The Morgan fingerprint density at radius 1 is 1.43 bits per heavy atom. The highest BCUT2D eigenvalue weighted by molar-refractivity contribution is 6.29. The Morgan fingerprint density at radius 3 is 2.57 bits per heavy atom. The van der Waals surface area contributed by atoms with Crippen LogP contribution in [-0.2, 0) is 4.79 Å². The van der Waals surface area contributed by atoms with Crippen LogP contribution in [0.4, 0.5) is 0 Å². The Kier molecular flexibility index (Phi) is 4.20. The first-order valence-corrected chi connectivity index (χ1v) is 4.70. The summed E-state index contributed by atoms with van der Waals surface area (Å²) < 4.78 is 5.00. The molecule has 0 unspecified atom stereocenters. The summed E-state index contributed by atoms with van der Waals surface area (Å²) >= 11 is 5.35. The highest BCUT2D eigenvalue weighted by Gasteiger charge is 1.93. The zero-order valence-corrected chi connectivity index (χ0v) is 8.62. The van der Waals surface area contributed by atoms with Crippen LogP contribution in [0.3, 0.4) is 0 Å². The van der Waals surface area contributed by atoms with E-state index in [0.717, 1.165) is 11.3 Å². The molecule has 0 spiro atoms. The van der Waals surface area contributed by atoms with Crippen LogP contribution >= 0.6 is 11.6 Å². The van der Waals surface area contributed by atoms with Gasteiger partial charge in [0.15, 0.2) is 5.78 Å². The van der Waals surface area contributed by atoms with E-state index in [2.05, 4.69) is 0 Å². The monoisotopic (exact) mass is 210 g/mol. The van der Waals surface area contributed by atoms with E-state index < -0.39 is 0 Å². The number of alkyl halides is 1. The number of ether oxygens (including phenoxy) is 1. The van der Waals surface area contributed by atoms with Gasteiger partial charge in [0, 0.05) is 0 Å². The Hall–Kier alpha value is -1.28. The van der Waals surface area contributed by atoms with Gasteiger partial charge in [-0.1, -0.05) is 18.2 Å². The van der Waals surface area contributed by atoms with Gasteiger partial charge in [-0.3, -0.25) is 4.79 Å². The maximum absolute atomic E-state index is 10.9. The summed E-state index contributed by atoms with van der Waals surface area (Å²) in [4.78, 5) is 10.9. The predicted octanol–water partition coefficient (Wildman–Crippen LogP) is 2.52. The summed E-state index contributed by atoms with van der Waals surface area (Å²) in [5, 5.41) is 0. The van der Waals surface area contributed by atoms with Gasteiger partial charge in [-0.05, 0) is 23.8 Å². The van der Waals surface area contributed by atoms with Crippen molar-refractivity contribution in [1.29, 1.82) is 0 Å². The lowest BCUT2D eigenvalue weighted by atomic mass is 10.2. The third kappa shape index (κ3) is 3.23. The molecule has 0 radical (unpaired) electrons. The molecule has 1 aromatic rings. The van der Waals surface area contributed by atoms with Gasteiger partial charge in [-0.2, -0.15) is 0 Å². The molecule has 0 aromatic heterocycles. The highest BCUT2D eigenvalue weighted by atomic mass is 35.5. The molecule has 0 aliphatic heterocycles. The Bertz CT molecular complexity index is 328. The normalized spacial score (nSPS) is 10.4. The summed E-state index contributed by atoms with van der Waals surface area (Å²) in [5.41, 5.74) is 0.948. The molecule has 2 nitrogen and oxygen atoms in total. The van der Waals surface area contributed by atoms with Crippen molar-refractivity contribution in [1.82, 2.24) is 0 Å². The van der Waals surface area contributed by atoms with Gasteiger partial charge < -0.3 is 4.74 Å². The van der Waals surface area contributed by atoms with E-state index >= 15 is 0 Å². The molecule has 0 saturated carbocycles. The van der Waals surface area contributed by atoms with Crippen molar-refractivity contribution in [2.75, 3.05) is 13.0 Å². The van der Waals surface area contributed by atoms with Crippen LogP contribution < -0.4 is 4.74 Å². The Balaban J connectivity index is 2.68. The molecule has 0 atom stereocenters. The number of halogens is 1. The minimum atomic E-state index is -0.0949. The van der Waals surface area contributed by atoms with Gasteiger partial charge in [0.1, 0.15) is 5.75 Å². The summed E-state index contributed by atoms with van der Waals surface area (Å²) in [7, 11) is 1.61. The van der Waals surface area contributed by atoms with E-state index in [1.54, 1.807) is 13.2 Å². The molecule has 0 saturated heterocycles. The molecule has 14 heavy (non-hydrogen) atoms. The van der Waals surface area contributed by atoms with Crippen molar-refractivity contribution in [3.8, 4) is 5.75 Å². The zero-order valence-electron chi connectivity index (χ0n) is 7.87. The number of carbonyl (C=O) groups excluding carboxylic acids is 1. The zero-order chi connectivity index (χ0) is 10.4. The van der Waals surface area contributed by atoms with Crippen LogP contribution in [0, 0.1) is 0 Å². The highest BCUT2D eigenvalue weighted by Crippen LogP contribution is 2.12. The second kappa shape index (κ2) is 5.45. The topological polar surface area (TPSA) is 26.3 Å². The minimum absolute atomic E-state index is 0.0205. The minimum Gasteiger partial charge on any atom is -0.497 e. The van der Waals surface area contributed by atoms with Gasteiger partial charge in [0.2, 0.25) is 0 Å². The third-order valence-electron chi connectivity index (χ3n) is 1.71. The summed E-state index contributed by atoms with van der Waals surface area (Å²) in [6.07, 6.45) is 3.19. The van der Waals surface area contributed by atoms with Crippen LogP contribution in [0.25, 0.3) is 6.08 Å². The predicted molar refractivity (Wildman–Crippen MR) is 57.8 cm³/mol. The first-order chi connectivity index (χ1) is 6.76. The molecule has 1 aromatic carbocycles. The number of hydrogen-bond acceptors (Lipinski definition) is 2. The second-order valence-electron chi connectivity index (χ2n) is 2.71. The second-order valence-corrected chi connectivity index (χ2v) is 2.97. The van der Waals surface area contributed by atoms with Crippen molar-refractivity contribution >= 4 is 23.5 Å². The Morgan fingerprint density at radius 2 is 2.07 bits per heavy atom. The van der Waals surface area contributed by atoms with E-state index in [1.807, 2.05) is 24.3 Å². The molecule has 0 amide bonds. The van der Waals surface area contributed by atoms with Crippen LogP contribution in [-0.4, -0.2) is 18.8 Å². The lowest BCUT2D eigenvalue weighted by Gasteiger charge is -1.98. The smallest absolute Gasteiger partial charge is 0.170 e. The van der Waals surface area contributed by atoms with Crippen LogP contribution in [0.2, 0.25) is 0 Å². The molecule has 3 heteroatoms. The van der Waals surface area contributed by atoms with Crippen LogP contribution in [0.15, 0.2) is 30.3 Å². The van der Waals surface area contributed by atoms with Crippen molar-refractivity contribution < 1.29 is 9.53 Å². The van der Waals surface area contributed by atoms with Crippen LogP contribution in [0.5, 0.6) is 5.75 Å². The fourth-order valence-electron chi connectivity index (χ4n) is 0.949. The molecule has 0 aliphatic carbocycles. The molecule has 0 bridgehead atoms. The molecular formula is C11H11ClO2. The largest absolute Gasteiger partial charge is 0.497 e. The summed E-state index contributed by atoms with van der Waals surface area (Å²) in [5.74, 6) is 0.723. The lowest BCUT2D eigenvalue weighted by Crippen LogP contribution is -1.91. The lowest BCUT2D eigenvalue weighted by molar-refractivity contribution is -0.112.